The van der Waals surface area contributed by atoms with E-state index in [1.807, 2.05) is 48.4 Å². The summed E-state index contributed by atoms with van der Waals surface area (Å²) in [6.07, 6.45) is 7.94. The lowest BCUT2D eigenvalue weighted by molar-refractivity contribution is 0.793. The minimum absolute atomic E-state index is 0.977. The van der Waals surface area contributed by atoms with Crippen LogP contribution in [0.4, 0.5) is 0 Å². The Kier molecular flexibility index (Phi) is 3.99. The Balaban J connectivity index is 1.60. The fourth-order valence-electron chi connectivity index (χ4n) is 3.60. The Bertz CT molecular complexity index is 1310. The number of benzene rings is 3. The Morgan fingerprint density at radius 1 is 0.786 bits per heavy atom. The van der Waals surface area contributed by atoms with Gasteiger partial charge in [-0.1, -0.05) is 54.6 Å². The third kappa shape index (κ3) is 2.97. The van der Waals surface area contributed by atoms with E-state index in [1.54, 1.807) is 0 Å². The molecule has 0 spiro atoms. The van der Waals surface area contributed by atoms with Gasteiger partial charge >= 0.3 is 0 Å². The van der Waals surface area contributed by atoms with Gasteiger partial charge in [0, 0.05) is 30.2 Å². The van der Waals surface area contributed by atoms with Crippen molar-refractivity contribution in [2.24, 2.45) is 7.05 Å². The van der Waals surface area contributed by atoms with Crippen LogP contribution in [-0.4, -0.2) is 14.8 Å². The van der Waals surface area contributed by atoms with Gasteiger partial charge in [-0.05, 0) is 52.4 Å². The average molecular weight is 361 g/mol. The minimum Gasteiger partial charge on any atom is -0.267 e. The molecule has 0 fully saturated rings. The number of fused-ring (bicyclic) bond motifs is 2. The smallest absolute Gasteiger partial charge is 0.0930 e. The van der Waals surface area contributed by atoms with E-state index in [1.165, 1.54) is 22.1 Å². The van der Waals surface area contributed by atoms with Crippen LogP contribution >= 0.6 is 0 Å². The first-order valence-corrected chi connectivity index (χ1v) is 9.32. The lowest BCUT2D eigenvalue weighted by atomic mass is 10.0. The Morgan fingerprint density at radius 2 is 1.61 bits per heavy atom. The summed E-state index contributed by atoms with van der Waals surface area (Å²) in [5, 5.41) is 8.21. The third-order valence-corrected chi connectivity index (χ3v) is 5.09. The van der Waals surface area contributed by atoms with E-state index in [9.17, 15) is 0 Å². The van der Waals surface area contributed by atoms with Gasteiger partial charge in [0.2, 0.25) is 0 Å². The summed E-state index contributed by atoms with van der Waals surface area (Å²) in [6, 6.07) is 25.4. The maximum absolute atomic E-state index is 4.71. The SMILES string of the molecule is Cn1nc(/C=C/c2ccccc2)c2cc(-c3ccc4ccncc4c3)ccc21. The standard InChI is InChI=1S/C25H19N3/c1-28-25-12-10-21(20-9-8-19-13-14-26-17-22(19)15-20)16-23(25)24(27-28)11-7-18-5-3-2-4-6-18/h2-17H,1H3/b11-7+. The monoisotopic (exact) mass is 361 g/mol. The number of nitrogens with zero attached hydrogens (tertiary/aromatic N) is 3. The van der Waals surface area contributed by atoms with Crippen LogP contribution < -0.4 is 0 Å². The zero-order chi connectivity index (χ0) is 18.9. The quantitative estimate of drug-likeness (QED) is 0.397. The summed E-state index contributed by atoms with van der Waals surface area (Å²) in [6.45, 7) is 0. The van der Waals surface area contributed by atoms with Crippen LogP contribution in [0.15, 0.2) is 85.2 Å². The second-order valence-corrected chi connectivity index (χ2v) is 6.92. The molecule has 0 aliphatic heterocycles. The van der Waals surface area contributed by atoms with Crippen molar-refractivity contribution in [1.82, 2.24) is 14.8 Å². The molecule has 2 aromatic heterocycles. The van der Waals surface area contributed by atoms with Gasteiger partial charge < -0.3 is 0 Å². The predicted molar refractivity (Wildman–Crippen MR) is 117 cm³/mol. The van der Waals surface area contributed by atoms with E-state index in [0.29, 0.717) is 0 Å². The largest absolute Gasteiger partial charge is 0.267 e. The lowest BCUT2D eigenvalue weighted by Crippen LogP contribution is -1.89. The van der Waals surface area contributed by atoms with Crippen molar-refractivity contribution in [1.29, 1.82) is 0 Å². The van der Waals surface area contributed by atoms with Gasteiger partial charge in [0.25, 0.3) is 0 Å². The molecule has 5 aromatic rings. The summed E-state index contributed by atoms with van der Waals surface area (Å²) in [4.78, 5) is 4.25. The summed E-state index contributed by atoms with van der Waals surface area (Å²) in [5.74, 6) is 0. The van der Waals surface area contributed by atoms with Crippen molar-refractivity contribution in [3.05, 3.63) is 96.4 Å². The lowest BCUT2D eigenvalue weighted by Gasteiger charge is -2.05. The molecule has 3 aromatic carbocycles. The molecule has 0 atom stereocenters. The first-order chi connectivity index (χ1) is 13.8. The molecule has 0 bridgehead atoms. The number of rotatable bonds is 3. The summed E-state index contributed by atoms with van der Waals surface area (Å²) >= 11 is 0. The molecule has 0 saturated carbocycles. The van der Waals surface area contributed by atoms with E-state index in [4.69, 9.17) is 5.10 Å². The molecule has 0 unspecified atom stereocenters. The third-order valence-electron chi connectivity index (χ3n) is 5.09. The highest BCUT2D eigenvalue weighted by molar-refractivity contribution is 5.94. The molecule has 28 heavy (non-hydrogen) atoms. The van der Waals surface area contributed by atoms with Gasteiger partial charge in [0.05, 0.1) is 11.2 Å². The minimum atomic E-state index is 0.977. The van der Waals surface area contributed by atoms with Crippen molar-refractivity contribution < 1.29 is 0 Å². The molecule has 0 radical (unpaired) electrons. The zero-order valence-corrected chi connectivity index (χ0v) is 15.6. The maximum Gasteiger partial charge on any atom is 0.0930 e. The normalized spacial score (nSPS) is 11.6. The van der Waals surface area contributed by atoms with E-state index in [-0.39, 0.29) is 0 Å². The van der Waals surface area contributed by atoms with E-state index in [0.717, 1.165) is 22.0 Å². The van der Waals surface area contributed by atoms with Gasteiger partial charge in [0.1, 0.15) is 0 Å². The van der Waals surface area contributed by atoms with Crippen LogP contribution in [0, 0.1) is 0 Å². The van der Waals surface area contributed by atoms with E-state index >= 15 is 0 Å². The van der Waals surface area contributed by atoms with E-state index < -0.39 is 0 Å². The fraction of sp³-hybridized carbons (Fsp3) is 0.0400. The van der Waals surface area contributed by atoms with Gasteiger partial charge in [-0.25, -0.2) is 0 Å². The first-order valence-electron chi connectivity index (χ1n) is 9.32. The second kappa shape index (κ2) is 6.78. The molecule has 0 saturated heterocycles. The highest BCUT2D eigenvalue weighted by atomic mass is 15.3. The van der Waals surface area contributed by atoms with Gasteiger partial charge in [0.15, 0.2) is 0 Å². The van der Waals surface area contributed by atoms with Crippen molar-refractivity contribution in [2.45, 2.75) is 0 Å². The molecule has 0 N–H and O–H groups in total. The Labute approximate surface area is 163 Å². The highest BCUT2D eigenvalue weighted by Crippen LogP contribution is 2.29. The Hall–Kier alpha value is -3.72. The van der Waals surface area contributed by atoms with Crippen LogP contribution in [0.3, 0.4) is 0 Å². The number of hydrogen-bond donors (Lipinski definition) is 0. The molecule has 5 rings (SSSR count). The van der Waals surface area contributed by atoms with Crippen molar-refractivity contribution in [2.75, 3.05) is 0 Å². The second-order valence-electron chi connectivity index (χ2n) is 6.92. The van der Waals surface area contributed by atoms with Crippen LogP contribution in [0.5, 0.6) is 0 Å². The number of aromatic nitrogens is 3. The molecule has 0 amide bonds. The molecule has 134 valence electrons. The zero-order valence-electron chi connectivity index (χ0n) is 15.6. The first kappa shape index (κ1) is 16.5. The topological polar surface area (TPSA) is 30.7 Å². The van der Waals surface area contributed by atoms with Crippen LogP contribution in [-0.2, 0) is 7.05 Å². The number of hydrogen-bond acceptors (Lipinski definition) is 2. The van der Waals surface area contributed by atoms with Gasteiger partial charge in [-0.2, -0.15) is 5.10 Å². The van der Waals surface area contributed by atoms with Crippen LogP contribution in [0.2, 0.25) is 0 Å². The molecule has 0 aliphatic carbocycles. The molecule has 3 nitrogen and oxygen atoms in total. The fourth-order valence-corrected chi connectivity index (χ4v) is 3.60. The molecular formula is C25H19N3. The van der Waals surface area contributed by atoms with E-state index in [2.05, 4.69) is 65.7 Å². The average Bonchev–Trinajstić information content (AvgIpc) is 3.07. The summed E-state index contributed by atoms with van der Waals surface area (Å²) in [5.41, 5.74) is 5.63. The van der Waals surface area contributed by atoms with Crippen LogP contribution in [0.25, 0.3) is 45.0 Å². The number of pyridine rings is 1. The van der Waals surface area contributed by atoms with Crippen LogP contribution in [0.1, 0.15) is 11.3 Å². The van der Waals surface area contributed by atoms with Crippen molar-refractivity contribution in [3.63, 3.8) is 0 Å². The molecule has 3 heteroatoms. The summed E-state index contributed by atoms with van der Waals surface area (Å²) < 4.78 is 1.94. The highest BCUT2D eigenvalue weighted by Gasteiger charge is 2.09. The number of aryl methyl sites for hydroxylation is 1. The molecular weight excluding hydrogens is 342 g/mol. The Morgan fingerprint density at radius 3 is 2.50 bits per heavy atom. The van der Waals surface area contributed by atoms with Gasteiger partial charge in [-0.3, -0.25) is 9.67 Å². The van der Waals surface area contributed by atoms with Crippen molar-refractivity contribution >= 4 is 33.8 Å². The molecule has 0 aliphatic rings. The van der Waals surface area contributed by atoms with Crippen molar-refractivity contribution in [3.8, 4) is 11.1 Å². The molecule has 2 heterocycles. The maximum atomic E-state index is 4.71. The summed E-state index contributed by atoms with van der Waals surface area (Å²) in [7, 11) is 1.99. The predicted octanol–water partition coefficient (Wildman–Crippen LogP) is 5.96. The van der Waals surface area contributed by atoms with Gasteiger partial charge in [-0.15, -0.1) is 0 Å².